The molecule has 0 saturated carbocycles. The average molecular weight is 233 g/mol. The van der Waals surface area contributed by atoms with Gasteiger partial charge in [-0.3, -0.25) is 0 Å². The topological polar surface area (TPSA) is 21.3 Å². The third-order valence-electron chi connectivity index (χ3n) is 3.48. The Morgan fingerprint density at radius 3 is 2.76 bits per heavy atom. The van der Waals surface area contributed by atoms with Crippen molar-refractivity contribution in [2.24, 2.45) is 0 Å². The van der Waals surface area contributed by atoms with Crippen molar-refractivity contribution in [2.75, 3.05) is 13.2 Å². The van der Waals surface area contributed by atoms with Gasteiger partial charge >= 0.3 is 0 Å². The smallest absolute Gasteiger partial charge is 0.0699 e. The normalized spacial score (nSPS) is 22.3. The summed E-state index contributed by atoms with van der Waals surface area (Å²) in [6.07, 6.45) is 5.29. The number of hydrogen-bond acceptors (Lipinski definition) is 2. The van der Waals surface area contributed by atoms with Gasteiger partial charge in [0.15, 0.2) is 0 Å². The lowest BCUT2D eigenvalue weighted by atomic mass is 10.0. The van der Waals surface area contributed by atoms with Gasteiger partial charge in [0.05, 0.1) is 6.10 Å². The van der Waals surface area contributed by atoms with E-state index in [1.807, 2.05) is 0 Å². The predicted octanol–water partition coefficient (Wildman–Crippen LogP) is 3.30. The zero-order chi connectivity index (χ0) is 11.9. The van der Waals surface area contributed by atoms with E-state index < -0.39 is 0 Å². The van der Waals surface area contributed by atoms with Crippen molar-refractivity contribution in [1.29, 1.82) is 0 Å². The Morgan fingerprint density at radius 2 is 2.12 bits per heavy atom. The van der Waals surface area contributed by atoms with Gasteiger partial charge in [0.2, 0.25) is 0 Å². The van der Waals surface area contributed by atoms with Crippen LogP contribution in [0.3, 0.4) is 0 Å². The molecule has 0 bridgehead atoms. The molecule has 1 aliphatic heterocycles. The maximum Gasteiger partial charge on any atom is 0.0699 e. The van der Waals surface area contributed by atoms with E-state index in [0.29, 0.717) is 12.1 Å². The Labute approximate surface area is 104 Å². The fourth-order valence-corrected chi connectivity index (χ4v) is 2.43. The van der Waals surface area contributed by atoms with E-state index in [4.69, 9.17) is 4.74 Å². The molecule has 0 amide bonds. The molecule has 0 aromatic heterocycles. The summed E-state index contributed by atoms with van der Waals surface area (Å²) in [4.78, 5) is 0. The molecule has 1 aromatic rings. The third-order valence-corrected chi connectivity index (χ3v) is 3.48. The summed E-state index contributed by atoms with van der Waals surface area (Å²) in [5.74, 6) is 0. The lowest BCUT2D eigenvalue weighted by molar-refractivity contribution is 0.0152. The standard InChI is InChI=1S/C15H23NO/c1-2-15(13-8-4-3-5-9-13)16-12-14-10-6-7-11-17-14/h3-5,8-9,14-16H,2,6-7,10-12H2,1H3. The van der Waals surface area contributed by atoms with Gasteiger partial charge in [0, 0.05) is 19.2 Å². The molecule has 0 spiro atoms. The van der Waals surface area contributed by atoms with Crippen LogP contribution in [0.1, 0.15) is 44.2 Å². The van der Waals surface area contributed by atoms with Crippen molar-refractivity contribution in [1.82, 2.24) is 5.32 Å². The molecular formula is C15H23NO. The maximum atomic E-state index is 5.75. The second-order valence-electron chi connectivity index (χ2n) is 4.77. The highest BCUT2D eigenvalue weighted by Gasteiger charge is 2.15. The van der Waals surface area contributed by atoms with Crippen LogP contribution in [-0.2, 0) is 4.74 Å². The summed E-state index contributed by atoms with van der Waals surface area (Å²) in [6.45, 7) is 4.15. The number of benzene rings is 1. The van der Waals surface area contributed by atoms with E-state index in [2.05, 4.69) is 42.6 Å². The quantitative estimate of drug-likeness (QED) is 0.842. The van der Waals surface area contributed by atoms with Crippen LogP contribution >= 0.6 is 0 Å². The van der Waals surface area contributed by atoms with Crippen molar-refractivity contribution in [3.8, 4) is 0 Å². The first-order chi connectivity index (χ1) is 8.40. The Morgan fingerprint density at radius 1 is 1.29 bits per heavy atom. The minimum atomic E-state index is 0.418. The highest BCUT2D eigenvalue weighted by Crippen LogP contribution is 2.17. The van der Waals surface area contributed by atoms with Gasteiger partial charge < -0.3 is 10.1 Å². The molecular weight excluding hydrogens is 210 g/mol. The van der Waals surface area contributed by atoms with Crippen LogP contribution in [0.5, 0.6) is 0 Å². The molecule has 2 rings (SSSR count). The fraction of sp³-hybridized carbons (Fsp3) is 0.600. The highest BCUT2D eigenvalue weighted by atomic mass is 16.5. The molecule has 1 aliphatic rings. The molecule has 17 heavy (non-hydrogen) atoms. The summed E-state index contributed by atoms with van der Waals surface area (Å²) in [7, 11) is 0. The molecule has 94 valence electrons. The van der Waals surface area contributed by atoms with Crippen LogP contribution in [0, 0.1) is 0 Å². The van der Waals surface area contributed by atoms with E-state index in [-0.39, 0.29) is 0 Å². The average Bonchev–Trinajstić information content (AvgIpc) is 2.42. The molecule has 1 heterocycles. The molecule has 2 heteroatoms. The van der Waals surface area contributed by atoms with Crippen molar-refractivity contribution < 1.29 is 4.74 Å². The van der Waals surface area contributed by atoms with Crippen molar-refractivity contribution in [2.45, 2.75) is 44.8 Å². The maximum absolute atomic E-state index is 5.75. The number of rotatable bonds is 5. The monoisotopic (exact) mass is 233 g/mol. The molecule has 2 unspecified atom stereocenters. The zero-order valence-corrected chi connectivity index (χ0v) is 10.7. The summed E-state index contributed by atoms with van der Waals surface area (Å²) in [5.41, 5.74) is 1.38. The van der Waals surface area contributed by atoms with Crippen molar-refractivity contribution in [3.63, 3.8) is 0 Å². The first-order valence-corrected chi connectivity index (χ1v) is 6.80. The molecule has 2 atom stereocenters. The van der Waals surface area contributed by atoms with Crippen LogP contribution in [0.4, 0.5) is 0 Å². The number of ether oxygens (including phenoxy) is 1. The highest BCUT2D eigenvalue weighted by molar-refractivity contribution is 5.18. The van der Waals surface area contributed by atoms with E-state index in [1.54, 1.807) is 0 Å². The van der Waals surface area contributed by atoms with Crippen LogP contribution in [0.25, 0.3) is 0 Å². The second kappa shape index (κ2) is 6.77. The fourth-order valence-electron chi connectivity index (χ4n) is 2.43. The van der Waals surface area contributed by atoms with Gasteiger partial charge in [-0.15, -0.1) is 0 Å². The van der Waals surface area contributed by atoms with Gasteiger partial charge in [0.1, 0.15) is 0 Å². The summed E-state index contributed by atoms with van der Waals surface area (Å²) >= 11 is 0. The van der Waals surface area contributed by atoms with Crippen LogP contribution in [0.15, 0.2) is 30.3 Å². The zero-order valence-electron chi connectivity index (χ0n) is 10.7. The van der Waals surface area contributed by atoms with Crippen molar-refractivity contribution in [3.05, 3.63) is 35.9 Å². The van der Waals surface area contributed by atoms with Crippen LogP contribution in [0.2, 0.25) is 0 Å². The van der Waals surface area contributed by atoms with E-state index in [9.17, 15) is 0 Å². The summed E-state index contributed by atoms with van der Waals surface area (Å²) < 4.78 is 5.75. The van der Waals surface area contributed by atoms with Gasteiger partial charge in [0.25, 0.3) is 0 Å². The molecule has 1 N–H and O–H groups in total. The Bertz CT molecular complexity index is 306. The number of nitrogens with one attached hydrogen (secondary N) is 1. The lowest BCUT2D eigenvalue weighted by Gasteiger charge is -2.25. The Balaban J connectivity index is 1.83. The molecule has 0 radical (unpaired) electrons. The summed E-state index contributed by atoms with van der Waals surface area (Å²) in [5, 5.41) is 3.63. The molecule has 2 nitrogen and oxygen atoms in total. The Hall–Kier alpha value is -0.860. The van der Waals surface area contributed by atoms with Gasteiger partial charge in [-0.2, -0.15) is 0 Å². The SMILES string of the molecule is CCC(NCC1CCCCO1)c1ccccc1. The lowest BCUT2D eigenvalue weighted by Crippen LogP contribution is -2.33. The third kappa shape index (κ3) is 3.83. The van der Waals surface area contributed by atoms with Gasteiger partial charge in [-0.25, -0.2) is 0 Å². The largest absolute Gasteiger partial charge is 0.377 e. The molecule has 1 fully saturated rings. The van der Waals surface area contributed by atoms with E-state index >= 15 is 0 Å². The van der Waals surface area contributed by atoms with Gasteiger partial charge in [-0.05, 0) is 31.2 Å². The predicted molar refractivity (Wildman–Crippen MR) is 71.1 cm³/mol. The van der Waals surface area contributed by atoms with E-state index in [0.717, 1.165) is 19.6 Å². The first-order valence-electron chi connectivity index (χ1n) is 6.80. The Kier molecular flexibility index (Phi) is 5.02. The second-order valence-corrected chi connectivity index (χ2v) is 4.77. The first kappa shape index (κ1) is 12.6. The van der Waals surface area contributed by atoms with Gasteiger partial charge in [-0.1, -0.05) is 37.3 Å². The molecule has 1 aromatic carbocycles. The van der Waals surface area contributed by atoms with Crippen molar-refractivity contribution >= 4 is 0 Å². The summed E-state index contributed by atoms with van der Waals surface area (Å²) in [6, 6.07) is 11.1. The number of hydrogen-bond donors (Lipinski definition) is 1. The minimum absolute atomic E-state index is 0.418. The molecule has 0 aliphatic carbocycles. The molecule has 1 saturated heterocycles. The van der Waals surface area contributed by atoms with Crippen LogP contribution in [-0.4, -0.2) is 19.3 Å². The van der Waals surface area contributed by atoms with Crippen LogP contribution < -0.4 is 5.32 Å². The minimum Gasteiger partial charge on any atom is -0.377 e. The van der Waals surface area contributed by atoms with E-state index in [1.165, 1.54) is 24.8 Å².